The van der Waals surface area contributed by atoms with Crippen LogP contribution in [0, 0.1) is 0 Å². The molecule has 0 unspecified atom stereocenters. The quantitative estimate of drug-likeness (QED) is 0.542. The summed E-state index contributed by atoms with van der Waals surface area (Å²) in [4.78, 5) is 0. The van der Waals surface area contributed by atoms with Gasteiger partial charge in [0.2, 0.25) is 0 Å². The van der Waals surface area contributed by atoms with Gasteiger partial charge < -0.3 is 10.2 Å². The molecular formula is C8H12O2. The van der Waals surface area contributed by atoms with Crippen LogP contribution in [-0.4, -0.2) is 10.2 Å². The van der Waals surface area contributed by atoms with Crippen LogP contribution in [0.25, 0.3) is 0 Å². The minimum absolute atomic E-state index is 0.0275. The van der Waals surface area contributed by atoms with Crippen LogP contribution < -0.4 is 0 Å². The Morgan fingerprint density at radius 3 is 2.80 bits per heavy atom. The van der Waals surface area contributed by atoms with Crippen LogP contribution in [0.4, 0.5) is 0 Å². The standard InChI is InChI=1S/C8H12O2/c9-7-5-3-1-2-4-6-8(7)10/h3,5,9-10H,1-2,4,6H2/b5-3-,8-7-. The molecule has 0 amide bonds. The van der Waals surface area contributed by atoms with Gasteiger partial charge in [-0.25, -0.2) is 0 Å². The predicted molar refractivity (Wildman–Crippen MR) is 39.9 cm³/mol. The van der Waals surface area contributed by atoms with Gasteiger partial charge in [-0.2, -0.15) is 0 Å². The fourth-order valence-electron chi connectivity index (χ4n) is 0.974. The Labute approximate surface area is 60.5 Å². The third kappa shape index (κ3) is 1.79. The van der Waals surface area contributed by atoms with Crippen molar-refractivity contribution in [1.82, 2.24) is 0 Å². The molecule has 0 fully saturated rings. The van der Waals surface area contributed by atoms with Crippen LogP contribution in [0.15, 0.2) is 23.7 Å². The second-order valence-corrected chi connectivity index (χ2v) is 2.48. The van der Waals surface area contributed by atoms with Gasteiger partial charge in [-0.3, -0.25) is 0 Å². The molecule has 0 aliphatic heterocycles. The minimum Gasteiger partial charge on any atom is -0.508 e. The fourth-order valence-corrected chi connectivity index (χ4v) is 0.974. The van der Waals surface area contributed by atoms with Crippen LogP contribution in [-0.2, 0) is 0 Å². The number of rotatable bonds is 0. The molecule has 1 aliphatic carbocycles. The maximum absolute atomic E-state index is 9.06. The number of aliphatic hydroxyl groups excluding tert-OH is 2. The van der Waals surface area contributed by atoms with E-state index < -0.39 is 0 Å². The topological polar surface area (TPSA) is 40.5 Å². The highest BCUT2D eigenvalue weighted by Gasteiger charge is 2.01. The highest BCUT2D eigenvalue weighted by atomic mass is 16.3. The highest BCUT2D eigenvalue weighted by molar-refractivity contribution is 5.14. The largest absolute Gasteiger partial charge is 0.508 e. The van der Waals surface area contributed by atoms with E-state index in [9.17, 15) is 0 Å². The van der Waals surface area contributed by atoms with E-state index in [2.05, 4.69) is 0 Å². The summed E-state index contributed by atoms with van der Waals surface area (Å²) in [6.45, 7) is 0. The first-order chi connectivity index (χ1) is 4.80. The van der Waals surface area contributed by atoms with Gasteiger partial charge in [-0.15, -0.1) is 0 Å². The van der Waals surface area contributed by atoms with Crippen molar-refractivity contribution in [2.24, 2.45) is 0 Å². The maximum Gasteiger partial charge on any atom is 0.152 e. The van der Waals surface area contributed by atoms with E-state index in [1.807, 2.05) is 6.08 Å². The summed E-state index contributed by atoms with van der Waals surface area (Å²) in [5.41, 5.74) is 0. The molecule has 0 aromatic heterocycles. The summed E-state index contributed by atoms with van der Waals surface area (Å²) in [5.74, 6) is 0.149. The van der Waals surface area contributed by atoms with Gasteiger partial charge >= 0.3 is 0 Å². The van der Waals surface area contributed by atoms with Gasteiger partial charge in [0.25, 0.3) is 0 Å². The first kappa shape index (κ1) is 7.19. The zero-order valence-electron chi connectivity index (χ0n) is 5.88. The van der Waals surface area contributed by atoms with Crippen molar-refractivity contribution in [1.29, 1.82) is 0 Å². The normalized spacial score (nSPS) is 30.8. The molecule has 0 atom stereocenters. The molecule has 1 rings (SSSR count). The summed E-state index contributed by atoms with van der Waals surface area (Å²) in [6, 6.07) is 0. The Balaban J connectivity index is 2.67. The number of hydrogen-bond donors (Lipinski definition) is 2. The van der Waals surface area contributed by atoms with Crippen molar-refractivity contribution in [2.45, 2.75) is 25.7 Å². The summed E-state index contributed by atoms with van der Waals surface area (Å²) < 4.78 is 0. The molecule has 0 aromatic rings. The molecule has 2 heteroatoms. The van der Waals surface area contributed by atoms with Crippen LogP contribution in [0.2, 0.25) is 0 Å². The maximum atomic E-state index is 9.06. The van der Waals surface area contributed by atoms with Crippen molar-refractivity contribution < 1.29 is 10.2 Å². The molecule has 0 saturated carbocycles. The Bertz CT molecular complexity index is 168. The first-order valence-electron chi connectivity index (χ1n) is 3.58. The van der Waals surface area contributed by atoms with E-state index >= 15 is 0 Å². The van der Waals surface area contributed by atoms with Gasteiger partial charge in [0, 0.05) is 6.42 Å². The van der Waals surface area contributed by atoms with Gasteiger partial charge in [-0.05, 0) is 25.3 Å². The highest BCUT2D eigenvalue weighted by Crippen LogP contribution is 2.13. The molecule has 1 aliphatic rings. The molecule has 56 valence electrons. The van der Waals surface area contributed by atoms with E-state index in [0.29, 0.717) is 6.42 Å². The number of hydrogen-bond acceptors (Lipinski definition) is 2. The van der Waals surface area contributed by atoms with Crippen molar-refractivity contribution in [3.8, 4) is 0 Å². The van der Waals surface area contributed by atoms with Crippen molar-refractivity contribution in [3.63, 3.8) is 0 Å². The number of allylic oxidation sites excluding steroid dienone is 3. The van der Waals surface area contributed by atoms with Crippen LogP contribution in [0.5, 0.6) is 0 Å². The minimum atomic E-state index is 0.0275. The smallest absolute Gasteiger partial charge is 0.152 e. The SMILES string of the molecule is OC1=C(\O)CCCC/C=C\1. The zero-order chi connectivity index (χ0) is 7.40. The molecule has 0 saturated heterocycles. The van der Waals surface area contributed by atoms with Gasteiger partial charge in [-0.1, -0.05) is 6.08 Å². The van der Waals surface area contributed by atoms with E-state index in [1.165, 1.54) is 0 Å². The summed E-state index contributed by atoms with van der Waals surface area (Å²) in [5, 5.41) is 18.1. The Kier molecular flexibility index (Phi) is 2.37. The van der Waals surface area contributed by atoms with Gasteiger partial charge in [0.1, 0.15) is 5.76 Å². The fraction of sp³-hybridized carbons (Fsp3) is 0.500. The Morgan fingerprint density at radius 1 is 1.20 bits per heavy atom. The van der Waals surface area contributed by atoms with Crippen LogP contribution in [0.3, 0.4) is 0 Å². The number of aliphatic hydroxyl groups is 2. The summed E-state index contributed by atoms with van der Waals surface area (Å²) in [7, 11) is 0. The molecule has 0 aromatic carbocycles. The monoisotopic (exact) mass is 140 g/mol. The Hall–Kier alpha value is -0.920. The molecule has 10 heavy (non-hydrogen) atoms. The molecular weight excluding hydrogens is 128 g/mol. The van der Waals surface area contributed by atoms with Gasteiger partial charge in [0.05, 0.1) is 0 Å². The molecule has 0 bridgehead atoms. The zero-order valence-corrected chi connectivity index (χ0v) is 5.88. The third-order valence-electron chi connectivity index (χ3n) is 1.61. The lowest BCUT2D eigenvalue weighted by molar-refractivity contribution is 0.317. The molecule has 0 radical (unpaired) electrons. The second kappa shape index (κ2) is 3.30. The van der Waals surface area contributed by atoms with Gasteiger partial charge in [0.15, 0.2) is 5.76 Å². The van der Waals surface area contributed by atoms with Crippen molar-refractivity contribution in [3.05, 3.63) is 23.7 Å². The molecule has 0 heterocycles. The lowest BCUT2D eigenvalue weighted by Gasteiger charge is -2.03. The lowest BCUT2D eigenvalue weighted by atomic mass is 10.1. The summed E-state index contributed by atoms with van der Waals surface area (Å²) >= 11 is 0. The predicted octanol–water partition coefficient (Wildman–Crippen LogP) is 2.44. The average molecular weight is 140 g/mol. The van der Waals surface area contributed by atoms with Crippen molar-refractivity contribution in [2.75, 3.05) is 0 Å². The lowest BCUT2D eigenvalue weighted by Crippen LogP contribution is -1.91. The summed E-state index contributed by atoms with van der Waals surface area (Å²) in [6.07, 6.45) is 7.10. The van der Waals surface area contributed by atoms with Crippen LogP contribution >= 0.6 is 0 Å². The van der Waals surface area contributed by atoms with Crippen LogP contribution in [0.1, 0.15) is 25.7 Å². The van der Waals surface area contributed by atoms with E-state index in [4.69, 9.17) is 10.2 Å². The van der Waals surface area contributed by atoms with E-state index in [0.717, 1.165) is 19.3 Å². The molecule has 2 N–H and O–H groups in total. The molecule has 2 nitrogen and oxygen atoms in total. The third-order valence-corrected chi connectivity index (χ3v) is 1.61. The second-order valence-electron chi connectivity index (χ2n) is 2.48. The Morgan fingerprint density at radius 2 is 2.00 bits per heavy atom. The first-order valence-corrected chi connectivity index (χ1v) is 3.58. The molecule has 0 spiro atoms. The van der Waals surface area contributed by atoms with Crippen molar-refractivity contribution >= 4 is 0 Å². The van der Waals surface area contributed by atoms with E-state index in [1.54, 1.807) is 6.08 Å². The van der Waals surface area contributed by atoms with E-state index in [-0.39, 0.29) is 11.5 Å². The average Bonchev–Trinajstić information content (AvgIpc) is 1.92.